The van der Waals surface area contributed by atoms with Gasteiger partial charge in [0.15, 0.2) is 0 Å². The van der Waals surface area contributed by atoms with Crippen LogP contribution < -0.4 is 16.0 Å². The van der Waals surface area contributed by atoms with E-state index in [1.54, 1.807) is 24.3 Å². The first kappa shape index (κ1) is 19.9. The second kappa shape index (κ2) is 9.32. The Balaban J connectivity index is 1.71. The van der Waals surface area contributed by atoms with Gasteiger partial charge in [-0.1, -0.05) is 24.3 Å². The lowest BCUT2D eigenvalue weighted by atomic mass is 10.1. The quantitative estimate of drug-likeness (QED) is 0.458. The van der Waals surface area contributed by atoms with E-state index in [1.165, 1.54) is 0 Å². The summed E-state index contributed by atoms with van der Waals surface area (Å²) in [5.74, 6) is -2.39. The minimum atomic E-state index is -1.03. The molecule has 0 bridgehead atoms. The van der Waals surface area contributed by atoms with Crippen molar-refractivity contribution in [3.8, 4) is 0 Å². The average Bonchev–Trinajstić information content (AvgIpc) is 2.94. The van der Waals surface area contributed by atoms with Gasteiger partial charge in [-0.2, -0.15) is 0 Å². The Bertz CT molecular complexity index is 745. The second-order valence-electron chi connectivity index (χ2n) is 5.88. The molecule has 27 heavy (non-hydrogen) atoms. The van der Waals surface area contributed by atoms with Crippen molar-refractivity contribution in [3.05, 3.63) is 35.4 Å². The molecule has 10 nitrogen and oxygen atoms in total. The first-order chi connectivity index (χ1) is 12.8. The van der Waals surface area contributed by atoms with Gasteiger partial charge in [-0.15, -0.1) is 0 Å². The van der Waals surface area contributed by atoms with Gasteiger partial charge >= 0.3 is 12.1 Å². The maximum absolute atomic E-state index is 11.7. The van der Waals surface area contributed by atoms with Crippen molar-refractivity contribution in [1.82, 2.24) is 16.0 Å². The molecule has 0 aliphatic carbocycles. The van der Waals surface area contributed by atoms with E-state index in [0.29, 0.717) is 5.56 Å². The van der Waals surface area contributed by atoms with E-state index in [9.17, 15) is 24.0 Å². The molecular weight excluding hydrogens is 358 g/mol. The van der Waals surface area contributed by atoms with Crippen LogP contribution in [0.5, 0.6) is 0 Å². The molecule has 1 aliphatic rings. The summed E-state index contributed by atoms with van der Waals surface area (Å²) in [4.78, 5) is 55.9. The molecule has 1 unspecified atom stereocenters. The molecule has 1 heterocycles. The van der Waals surface area contributed by atoms with Gasteiger partial charge in [0.25, 0.3) is 0 Å². The number of benzene rings is 1. The summed E-state index contributed by atoms with van der Waals surface area (Å²) in [6.45, 7) is 0.226. The Morgan fingerprint density at radius 3 is 2.37 bits per heavy atom. The van der Waals surface area contributed by atoms with Gasteiger partial charge in [-0.3, -0.25) is 24.5 Å². The smallest absolute Gasteiger partial charge is 0.408 e. The molecule has 1 aliphatic heterocycles. The fourth-order valence-electron chi connectivity index (χ4n) is 2.27. The molecule has 10 heteroatoms. The van der Waals surface area contributed by atoms with E-state index in [1.807, 2.05) is 0 Å². The van der Waals surface area contributed by atoms with Crippen molar-refractivity contribution in [1.29, 1.82) is 0 Å². The number of carbonyl (C=O) groups is 5. The molecule has 1 aromatic carbocycles. The van der Waals surface area contributed by atoms with Crippen molar-refractivity contribution in [2.45, 2.75) is 38.5 Å². The third kappa shape index (κ3) is 6.77. The van der Waals surface area contributed by atoms with E-state index < -0.39 is 29.9 Å². The van der Waals surface area contributed by atoms with Gasteiger partial charge in [0.2, 0.25) is 17.7 Å². The molecule has 1 saturated heterocycles. The van der Waals surface area contributed by atoms with Crippen LogP contribution in [0.1, 0.15) is 30.4 Å². The van der Waals surface area contributed by atoms with Crippen LogP contribution in [0.25, 0.3) is 0 Å². The summed E-state index contributed by atoms with van der Waals surface area (Å²) in [5, 5.41) is 15.5. The van der Waals surface area contributed by atoms with E-state index in [-0.39, 0.29) is 38.3 Å². The molecule has 144 valence electrons. The summed E-state index contributed by atoms with van der Waals surface area (Å²) >= 11 is 0. The first-order valence-electron chi connectivity index (χ1n) is 8.17. The summed E-state index contributed by atoms with van der Waals surface area (Å²) < 4.78 is 5.00. The molecule has 0 radical (unpaired) electrons. The van der Waals surface area contributed by atoms with Gasteiger partial charge in [0.1, 0.15) is 12.6 Å². The monoisotopic (exact) mass is 377 g/mol. The Labute approximate surface area is 154 Å². The zero-order chi connectivity index (χ0) is 19.8. The van der Waals surface area contributed by atoms with Crippen molar-refractivity contribution in [2.24, 2.45) is 0 Å². The summed E-state index contributed by atoms with van der Waals surface area (Å²) in [6.07, 6.45) is -1.22. The molecule has 0 saturated carbocycles. The number of imide groups is 1. The fraction of sp³-hybridized carbons (Fsp3) is 0.353. The highest BCUT2D eigenvalue weighted by Crippen LogP contribution is 2.07. The highest BCUT2D eigenvalue weighted by Gasteiger charge is 2.32. The van der Waals surface area contributed by atoms with Crippen molar-refractivity contribution in [2.75, 3.05) is 0 Å². The maximum atomic E-state index is 11.7. The third-order valence-electron chi connectivity index (χ3n) is 3.71. The SMILES string of the molecule is O=C(O)CCC(=O)NCc1ccc(COC(=O)NC2CC(=O)NC2=O)cc1. The standard InChI is InChI=1S/C17H19N3O7/c21-13(5-6-15(23)24)18-8-10-1-3-11(4-2-10)9-27-17(26)19-12-7-14(22)20-16(12)25/h1-4,12H,5-9H2,(H,18,21)(H,19,26)(H,23,24)(H,20,22,25). The fourth-order valence-corrected chi connectivity index (χ4v) is 2.27. The normalized spacial score (nSPS) is 15.8. The molecule has 1 atom stereocenters. The van der Waals surface area contributed by atoms with Gasteiger partial charge < -0.3 is 20.5 Å². The maximum Gasteiger partial charge on any atom is 0.408 e. The van der Waals surface area contributed by atoms with E-state index in [2.05, 4.69) is 16.0 Å². The lowest BCUT2D eigenvalue weighted by Gasteiger charge is -2.10. The minimum absolute atomic E-state index is 0.0284. The zero-order valence-corrected chi connectivity index (χ0v) is 14.3. The molecule has 0 aromatic heterocycles. The largest absolute Gasteiger partial charge is 0.481 e. The van der Waals surface area contributed by atoms with Crippen LogP contribution in [0.4, 0.5) is 4.79 Å². The van der Waals surface area contributed by atoms with E-state index in [4.69, 9.17) is 9.84 Å². The molecule has 2 rings (SSSR count). The number of carboxylic acids is 1. The van der Waals surface area contributed by atoms with Crippen LogP contribution in [0.2, 0.25) is 0 Å². The second-order valence-corrected chi connectivity index (χ2v) is 5.88. The number of hydrogen-bond acceptors (Lipinski definition) is 6. The van der Waals surface area contributed by atoms with Crippen molar-refractivity contribution >= 4 is 29.8 Å². The van der Waals surface area contributed by atoms with Crippen molar-refractivity contribution in [3.63, 3.8) is 0 Å². The number of amides is 4. The first-order valence-corrected chi connectivity index (χ1v) is 8.17. The number of aliphatic carboxylic acids is 1. The molecule has 1 fully saturated rings. The highest BCUT2D eigenvalue weighted by molar-refractivity contribution is 6.06. The van der Waals surface area contributed by atoms with Crippen LogP contribution in [0.15, 0.2) is 24.3 Å². The number of carbonyl (C=O) groups excluding carboxylic acids is 4. The van der Waals surface area contributed by atoms with Gasteiger partial charge in [-0.05, 0) is 11.1 Å². The Hall–Kier alpha value is -3.43. The number of rotatable bonds is 8. The molecule has 4 N–H and O–H groups in total. The predicted molar refractivity (Wildman–Crippen MR) is 90.0 cm³/mol. The van der Waals surface area contributed by atoms with E-state index in [0.717, 1.165) is 5.56 Å². The number of ether oxygens (including phenoxy) is 1. The highest BCUT2D eigenvalue weighted by atomic mass is 16.5. The minimum Gasteiger partial charge on any atom is -0.481 e. The van der Waals surface area contributed by atoms with Crippen LogP contribution in [0, 0.1) is 0 Å². The molecule has 1 aromatic rings. The van der Waals surface area contributed by atoms with Crippen LogP contribution in [0.3, 0.4) is 0 Å². The van der Waals surface area contributed by atoms with Crippen molar-refractivity contribution < 1.29 is 33.8 Å². The average molecular weight is 377 g/mol. The van der Waals surface area contributed by atoms with Gasteiger partial charge in [-0.25, -0.2) is 4.79 Å². The lowest BCUT2D eigenvalue weighted by Crippen LogP contribution is -2.40. The number of alkyl carbamates (subject to hydrolysis) is 1. The zero-order valence-electron chi connectivity index (χ0n) is 14.3. The number of hydrogen-bond donors (Lipinski definition) is 4. The number of nitrogens with one attached hydrogen (secondary N) is 3. The molecule has 4 amide bonds. The predicted octanol–water partition coefficient (Wildman–Crippen LogP) is -0.191. The lowest BCUT2D eigenvalue weighted by molar-refractivity contribution is -0.138. The van der Waals surface area contributed by atoms with E-state index >= 15 is 0 Å². The molecule has 0 spiro atoms. The van der Waals surface area contributed by atoms with Crippen LogP contribution in [-0.2, 0) is 37.1 Å². The summed E-state index contributed by atoms with van der Waals surface area (Å²) in [7, 11) is 0. The van der Waals surface area contributed by atoms with Gasteiger partial charge in [0.05, 0.1) is 12.8 Å². The number of carboxylic acid groups (broad SMARTS) is 1. The Morgan fingerprint density at radius 2 is 1.78 bits per heavy atom. The summed E-state index contributed by atoms with van der Waals surface area (Å²) in [6, 6.07) is 5.96. The Morgan fingerprint density at radius 1 is 1.11 bits per heavy atom. The molecular formula is C17H19N3O7. The Kier molecular flexibility index (Phi) is 6.86. The van der Waals surface area contributed by atoms with Gasteiger partial charge in [0, 0.05) is 13.0 Å². The topological polar surface area (TPSA) is 151 Å². The summed E-state index contributed by atoms with van der Waals surface area (Å²) in [5.41, 5.74) is 1.49. The third-order valence-corrected chi connectivity index (χ3v) is 3.71. The van der Waals surface area contributed by atoms with Crippen LogP contribution in [-0.4, -0.2) is 40.9 Å². The van der Waals surface area contributed by atoms with Crippen LogP contribution >= 0.6 is 0 Å².